The van der Waals surface area contributed by atoms with Gasteiger partial charge in [-0.2, -0.15) is 0 Å². The van der Waals surface area contributed by atoms with Crippen molar-refractivity contribution in [2.45, 2.75) is 13.5 Å². The van der Waals surface area contributed by atoms with E-state index in [9.17, 15) is 19.7 Å². The standard InChI is InChI=1S/C23H20N2O6/c1-16-19(11-7-12-20(16)25(28)29)24-22(26)15-31-23(27)18-10-5-6-13-21(18)30-14-17-8-3-2-4-9-17/h2-13H,14-15H2,1H3,(H,24,26). The average molecular weight is 420 g/mol. The molecule has 0 unspecified atom stereocenters. The average Bonchev–Trinajstić information content (AvgIpc) is 2.78. The van der Waals surface area contributed by atoms with E-state index in [1.54, 1.807) is 24.3 Å². The van der Waals surface area contributed by atoms with E-state index in [0.717, 1.165) is 5.56 Å². The fraction of sp³-hybridized carbons (Fsp3) is 0.130. The number of nitro groups is 1. The molecule has 1 N–H and O–H groups in total. The van der Waals surface area contributed by atoms with Crippen LogP contribution in [0.2, 0.25) is 0 Å². The number of esters is 1. The third-order valence-corrected chi connectivity index (χ3v) is 4.45. The fourth-order valence-electron chi connectivity index (χ4n) is 2.85. The number of anilines is 1. The van der Waals surface area contributed by atoms with E-state index in [1.807, 2.05) is 30.3 Å². The number of nitro benzene ring substituents is 1. The van der Waals surface area contributed by atoms with Crippen molar-refractivity contribution >= 4 is 23.3 Å². The summed E-state index contributed by atoms with van der Waals surface area (Å²) in [6.07, 6.45) is 0. The maximum Gasteiger partial charge on any atom is 0.342 e. The number of nitrogens with zero attached hydrogens (tertiary/aromatic N) is 1. The number of amides is 1. The summed E-state index contributed by atoms with van der Waals surface area (Å²) in [4.78, 5) is 35.1. The van der Waals surface area contributed by atoms with Gasteiger partial charge in [0.15, 0.2) is 6.61 Å². The number of hydrogen-bond donors (Lipinski definition) is 1. The van der Waals surface area contributed by atoms with E-state index in [1.165, 1.54) is 25.1 Å². The molecule has 8 nitrogen and oxygen atoms in total. The van der Waals surface area contributed by atoms with Crippen molar-refractivity contribution in [1.29, 1.82) is 0 Å². The second-order valence-electron chi connectivity index (χ2n) is 6.60. The highest BCUT2D eigenvalue weighted by Gasteiger charge is 2.18. The van der Waals surface area contributed by atoms with Crippen LogP contribution >= 0.6 is 0 Å². The van der Waals surface area contributed by atoms with Crippen LogP contribution in [0.3, 0.4) is 0 Å². The first-order chi connectivity index (χ1) is 15.0. The van der Waals surface area contributed by atoms with E-state index in [2.05, 4.69) is 5.32 Å². The highest BCUT2D eigenvalue weighted by Crippen LogP contribution is 2.25. The summed E-state index contributed by atoms with van der Waals surface area (Å²) < 4.78 is 10.8. The van der Waals surface area contributed by atoms with Gasteiger partial charge in [0.1, 0.15) is 17.9 Å². The third kappa shape index (κ3) is 5.66. The lowest BCUT2D eigenvalue weighted by atomic mass is 10.1. The number of benzene rings is 3. The second kappa shape index (κ2) is 10.0. The lowest BCUT2D eigenvalue weighted by molar-refractivity contribution is -0.385. The van der Waals surface area contributed by atoms with Crippen LogP contribution in [-0.2, 0) is 16.1 Å². The Labute approximate surface area is 178 Å². The molecule has 0 atom stereocenters. The Hall–Kier alpha value is -4.20. The zero-order chi connectivity index (χ0) is 22.2. The smallest absolute Gasteiger partial charge is 0.342 e. The molecule has 0 aliphatic rings. The van der Waals surface area contributed by atoms with Gasteiger partial charge in [0.25, 0.3) is 11.6 Å². The molecule has 0 radical (unpaired) electrons. The number of para-hydroxylation sites is 1. The first-order valence-electron chi connectivity index (χ1n) is 9.42. The molecule has 3 aromatic carbocycles. The lowest BCUT2D eigenvalue weighted by Gasteiger charge is -2.12. The van der Waals surface area contributed by atoms with E-state index >= 15 is 0 Å². The van der Waals surface area contributed by atoms with Crippen LogP contribution in [0.25, 0.3) is 0 Å². The van der Waals surface area contributed by atoms with Gasteiger partial charge < -0.3 is 14.8 Å². The van der Waals surface area contributed by atoms with Gasteiger partial charge >= 0.3 is 5.97 Å². The topological polar surface area (TPSA) is 108 Å². The number of rotatable bonds is 8. The van der Waals surface area contributed by atoms with Gasteiger partial charge in [-0.25, -0.2) is 4.79 Å². The normalized spacial score (nSPS) is 10.2. The Morgan fingerprint density at radius 2 is 1.68 bits per heavy atom. The minimum Gasteiger partial charge on any atom is -0.488 e. The molecule has 1 amide bonds. The summed E-state index contributed by atoms with van der Waals surface area (Å²) in [5.74, 6) is -0.986. The Morgan fingerprint density at radius 1 is 0.968 bits per heavy atom. The van der Waals surface area contributed by atoms with E-state index in [0.29, 0.717) is 11.3 Å². The van der Waals surface area contributed by atoms with E-state index in [-0.39, 0.29) is 23.5 Å². The van der Waals surface area contributed by atoms with Gasteiger partial charge in [0.2, 0.25) is 0 Å². The molecule has 0 aromatic heterocycles. The van der Waals surface area contributed by atoms with Crippen LogP contribution in [0.15, 0.2) is 72.8 Å². The maximum atomic E-state index is 12.5. The van der Waals surface area contributed by atoms with Gasteiger partial charge in [-0.3, -0.25) is 14.9 Å². The van der Waals surface area contributed by atoms with Crippen LogP contribution in [0.4, 0.5) is 11.4 Å². The Bertz CT molecular complexity index is 1100. The van der Waals surface area contributed by atoms with Crippen LogP contribution in [0.1, 0.15) is 21.5 Å². The summed E-state index contributed by atoms with van der Waals surface area (Å²) in [7, 11) is 0. The first kappa shape index (κ1) is 21.5. The molecule has 0 saturated carbocycles. The third-order valence-electron chi connectivity index (χ3n) is 4.45. The monoisotopic (exact) mass is 420 g/mol. The van der Waals surface area contributed by atoms with Crippen LogP contribution in [0, 0.1) is 17.0 Å². The predicted octanol–water partition coefficient (Wildman–Crippen LogP) is 4.28. The first-order valence-corrected chi connectivity index (χ1v) is 9.42. The lowest BCUT2D eigenvalue weighted by Crippen LogP contribution is -2.21. The molecular formula is C23H20N2O6. The Balaban J connectivity index is 1.60. The number of nitrogens with one attached hydrogen (secondary N) is 1. The van der Waals surface area contributed by atoms with E-state index in [4.69, 9.17) is 9.47 Å². The summed E-state index contributed by atoms with van der Waals surface area (Å²) in [5.41, 5.74) is 1.61. The van der Waals surface area contributed by atoms with Crippen molar-refractivity contribution in [3.05, 3.63) is 99.6 Å². The van der Waals surface area contributed by atoms with Gasteiger partial charge in [-0.15, -0.1) is 0 Å². The molecule has 158 valence electrons. The van der Waals surface area contributed by atoms with Gasteiger partial charge in [-0.05, 0) is 30.7 Å². The maximum absolute atomic E-state index is 12.5. The Kier molecular flexibility index (Phi) is 6.95. The SMILES string of the molecule is Cc1c(NC(=O)COC(=O)c2ccccc2OCc2ccccc2)cccc1[N+](=O)[O-]. The molecule has 0 aliphatic carbocycles. The molecule has 0 spiro atoms. The highest BCUT2D eigenvalue weighted by atomic mass is 16.6. The molecule has 0 aliphatic heterocycles. The quantitative estimate of drug-likeness (QED) is 0.331. The summed E-state index contributed by atoms with van der Waals surface area (Å²) in [6, 6.07) is 20.4. The molecule has 8 heteroatoms. The summed E-state index contributed by atoms with van der Waals surface area (Å²) in [6.45, 7) is 1.26. The number of ether oxygens (including phenoxy) is 2. The Morgan fingerprint density at radius 3 is 2.42 bits per heavy atom. The summed E-state index contributed by atoms with van der Waals surface area (Å²) >= 11 is 0. The molecule has 0 saturated heterocycles. The minimum atomic E-state index is -0.713. The number of carbonyl (C=O) groups excluding carboxylic acids is 2. The molecular weight excluding hydrogens is 400 g/mol. The molecule has 0 fully saturated rings. The largest absolute Gasteiger partial charge is 0.488 e. The molecule has 0 bridgehead atoms. The van der Waals surface area contributed by atoms with Crippen molar-refractivity contribution in [2.24, 2.45) is 0 Å². The van der Waals surface area contributed by atoms with Crippen LogP contribution < -0.4 is 10.1 Å². The van der Waals surface area contributed by atoms with Gasteiger partial charge in [0.05, 0.1) is 16.2 Å². The van der Waals surface area contributed by atoms with Crippen molar-refractivity contribution < 1.29 is 24.0 Å². The molecule has 0 heterocycles. The van der Waals surface area contributed by atoms with E-state index < -0.39 is 23.4 Å². The van der Waals surface area contributed by atoms with Crippen molar-refractivity contribution in [3.63, 3.8) is 0 Å². The molecule has 31 heavy (non-hydrogen) atoms. The molecule has 3 rings (SSSR count). The number of carbonyl (C=O) groups is 2. The number of hydrogen-bond acceptors (Lipinski definition) is 6. The highest BCUT2D eigenvalue weighted by molar-refractivity contribution is 5.97. The van der Waals surface area contributed by atoms with Crippen LogP contribution in [0.5, 0.6) is 5.75 Å². The van der Waals surface area contributed by atoms with Crippen molar-refractivity contribution in [1.82, 2.24) is 0 Å². The minimum absolute atomic E-state index is 0.112. The van der Waals surface area contributed by atoms with Crippen molar-refractivity contribution in [3.8, 4) is 5.75 Å². The fourth-order valence-corrected chi connectivity index (χ4v) is 2.85. The molecule has 3 aromatic rings. The zero-order valence-corrected chi connectivity index (χ0v) is 16.7. The van der Waals surface area contributed by atoms with Crippen molar-refractivity contribution in [2.75, 3.05) is 11.9 Å². The van der Waals surface area contributed by atoms with Gasteiger partial charge in [0, 0.05) is 6.07 Å². The summed E-state index contributed by atoms with van der Waals surface area (Å²) in [5, 5.41) is 13.5. The second-order valence-corrected chi connectivity index (χ2v) is 6.60. The zero-order valence-electron chi connectivity index (χ0n) is 16.7. The van der Waals surface area contributed by atoms with Crippen LogP contribution in [-0.4, -0.2) is 23.4 Å². The van der Waals surface area contributed by atoms with Gasteiger partial charge in [-0.1, -0.05) is 48.5 Å². The predicted molar refractivity (Wildman–Crippen MR) is 114 cm³/mol.